The summed E-state index contributed by atoms with van der Waals surface area (Å²) in [5, 5.41) is 36.1. The molecule has 1 unspecified atom stereocenters. The number of carbonyl (C=O) groups excluding carboxylic acids is 1. The van der Waals surface area contributed by atoms with E-state index >= 15 is 0 Å². The second-order valence-corrected chi connectivity index (χ2v) is 3.79. The summed E-state index contributed by atoms with van der Waals surface area (Å²) < 4.78 is 0. The third kappa shape index (κ3) is 3.24. The number of hydrogen-bond acceptors (Lipinski definition) is 5. The minimum atomic E-state index is -1.53. The van der Waals surface area contributed by atoms with Crippen LogP contribution in [0.4, 0.5) is 0 Å². The van der Waals surface area contributed by atoms with E-state index in [0.717, 1.165) is 6.42 Å². The quantitative estimate of drug-likeness (QED) is 0.417. The maximum absolute atomic E-state index is 11.8. The zero-order valence-electron chi connectivity index (χ0n) is 9.02. The standard InChI is InChI=1S/C10H20O5/c1-2-3-8(4-11)9(15)10(5-12,6-13)7-14/h8,11-14H,2-7H2,1H3. The normalized spacial score (nSPS) is 13.9. The van der Waals surface area contributed by atoms with E-state index in [1.165, 1.54) is 0 Å². The molecular weight excluding hydrogens is 200 g/mol. The molecule has 0 aliphatic heterocycles. The minimum absolute atomic E-state index is 0.325. The predicted octanol–water partition coefficient (Wildman–Crippen LogP) is -1.07. The lowest BCUT2D eigenvalue weighted by Crippen LogP contribution is -2.46. The van der Waals surface area contributed by atoms with Gasteiger partial charge >= 0.3 is 0 Å². The molecule has 0 saturated carbocycles. The summed E-state index contributed by atoms with van der Waals surface area (Å²) in [5.41, 5.74) is -1.53. The van der Waals surface area contributed by atoms with Crippen LogP contribution >= 0.6 is 0 Å². The van der Waals surface area contributed by atoms with Crippen molar-refractivity contribution in [3.63, 3.8) is 0 Å². The summed E-state index contributed by atoms with van der Waals surface area (Å²) in [6, 6.07) is 0. The summed E-state index contributed by atoms with van der Waals surface area (Å²) in [6.45, 7) is -0.292. The molecule has 90 valence electrons. The van der Waals surface area contributed by atoms with E-state index in [-0.39, 0.29) is 6.61 Å². The lowest BCUT2D eigenvalue weighted by molar-refractivity contribution is -0.143. The highest BCUT2D eigenvalue weighted by molar-refractivity contribution is 5.87. The Morgan fingerprint density at radius 2 is 1.60 bits per heavy atom. The third-order valence-electron chi connectivity index (χ3n) is 2.66. The Kier molecular flexibility index (Phi) is 6.67. The van der Waals surface area contributed by atoms with Crippen LogP contribution in [0.15, 0.2) is 0 Å². The molecule has 0 aromatic rings. The summed E-state index contributed by atoms with van der Waals surface area (Å²) in [5.74, 6) is -1.10. The van der Waals surface area contributed by atoms with E-state index in [2.05, 4.69) is 0 Å². The SMILES string of the molecule is CCCC(CO)C(=O)C(CO)(CO)CO. The van der Waals surface area contributed by atoms with Crippen molar-refractivity contribution >= 4 is 5.78 Å². The fourth-order valence-corrected chi connectivity index (χ4v) is 1.47. The molecule has 0 amide bonds. The van der Waals surface area contributed by atoms with Gasteiger partial charge in [-0.15, -0.1) is 0 Å². The van der Waals surface area contributed by atoms with Crippen LogP contribution in [0, 0.1) is 11.3 Å². The summed E-state index contributed by atoms with van der Waals surface area (Å²) in [4.78, 5) is 11.8. The van der Waals surface area contributed by atoms with Gasteiger partial charge in [-0.05, 0) is 6.42 Å². The van der Waals surface area contributed by atoms with Crippen LogP contribution in [0.5, 0.6) is 0 Å². The van der Waals surface area contributed by atoms with E-state index < -0.39 is 36.9 Å². The first-order valence-electron chi connectivity index (χ1n) is 5.09. The summed E-state index contributed by atoms with van der Waals surface area (Å²) >= 11 is 0. The highest BCUT2D eigenvalue weighted by Gasteiger charge is 2.40. The third-order valence-corrected chi connectivity index (χ3v) is 2.66. The van der Waals surface area contributed by atoms with Crippen molar-refractivity contribution in [2.24, 2.45) is 11.3 Å². The first-order valence-corrected chi connectivity index (χ1v) is 5.09. The number of rotatable bonds is 8. The molecule has 0 aliphatic rings. The van der Waals surface area contributed by atoms with Crippen LogP contribution in [0.2, 0.25) is 0 Å². The Morgan fingerprint density at radius 1 is 1.13 bits per heavy atom. The average Bonchev–Trinajstić information content (AvgIpc) is 2.28. The molecule has 0 radical (unpaired) electrons. The van der Waals surface area contributed by atoms with Crippen LogP contribution in [0.3, 0.4) is 0 Å². The summed E-state index contributed by atoms with van der Waals surface area (Å²) in [7, 11) is 0. The van der Waals surface area contributed by atoms with Gasteiger partial charge in [0.05, 0.1) is 31.8 Å². The molecule has 0 aromatic carbocycles. The molecule has 0 bridgehead atoms. The lowest BCUT2D eigenvalue weighted by Gasteiger charge is -2.29. The van der Waals surface area contributed by atoms with E-state index in [1.807, 2.05) is 6.92 Å². The van der Waals surface area contributed by atoms with E-state index in [9.17, 15) is 4.79 Å². The Hall–Kier alpha value is -0.490. The van der Waals surface area contributed by atoms with Crippen LogP contribution in [0.25, 0.3) is 0 Å². The zero-order valence-corrected chi connectivity index (χ0v) is 9.02. The topological polar surface area (TPSA) is 98.0 Å². The summed E-state index contributed by atoms with van der Waals surface area (Å²) in [6.07, 6.45) is 1.20. The maximum Gasteiger partial charge on any atom is 0.151 e. The fourth-order valence-electron chi connectivity index (χ4n) is 1.47. The van der Waals surface area contributed by atoms with Crippen molar-refractivity contribution in [1.29, 1.82) is 0 Å². The monoisotopic (exact) mass is 220 g/mol. The van der Waals surface area contributed by atoms with Gasteiger partial charge in [-0.25, -0.2) is 0 Å². The molecular formula is C10H20O5. The van der Waals surface area contributed by atoms with Crippen LogP contribution in [0.1, 0.15) is 19.8 Å². The highest BCUT2D eigenvalue weighted by atomic mass is 16.3. The Balaban J connectivity index is 4.74. The number of ketones is 1. The number of carbonyl (C=O) groups is 1. The Morgan fingerprint density at radius 3 is 1.87 bits per heavy atom. The number of hydrogen-bond donors (Lipinski definition) is 4. The molecule has 15 heavy (non-hydrogen) atoms. The molecule has 0 spiro atoms. The van der Waals surface area contributed by atoms with E-state index in [1.54, 1.807) is 0 Å². The van der Waals surface area contributed by atoms with Crippen LogP contribution < -0.4 is 0 Å². The van der Waals surface area contributed by atoms with Crippen molar-refractivity contribution in [2.75, 3.05) is 26.4 Å². The number of aliphatic hydroxyl groups excluding tert-OH is 4. The first-order chi connectivity index (χ1) is 7.11. The molecule has 5 heteroatoms. The smallest absolute Gasteiger partial charge is 0.151 e. The molecule has 5 nitrogen and oxygen atoms in total. The maximum atomic E-state index is 11.8. The van der Waals surface area contributed by atoms with Crippen molar-refractivity contribution in [2.45, 2.75) is 19.8 Å². The molecule has 0 fully saturated rings. The predicted molar refractivity (Wildman–Crippen MR) is 54.2 cm³/mol. The van der Waals surface area contributed by atoms with Crippen molar-refractivity contribution in [3.05, 3.63) is 0 Å². The van der Waals surface area contributed by atoms with Crippen molar-refractivity contribution < 1.29 is 25.2 Å². The zero-order chi connectivity index (χ0) is 11.9. The molecule has 0 aliphatic carbocycles. The lowest BCUT2D eigenvalue weighted by atomic mass is 9.78. The average molecular weight is 220 g/mol. The molecule has 1 atom stereocenters. The van der Waals surface area contributed by atoms with E-state index in [4.69, 9.17) is 20.4 Å². The van der Waals surface area contributed by atoms with Crippen molar-refractivity contribution in [3.8, 4) is 0 Å². The van der Waals surface area contributed by atoms with Crippen LogP contribution in [-0.4, -0.2) is 52.6 Å². The fraction of sp³-hybridized carbons (Fsp3) is 0.900. The van der Waals surface area contributed by atoms with Crippen LogP contribution in [-0.2, 0) is 4.79 Å². The molecule has 0 aromatic heterocycles. The van der Waals surface area contributed by atoms with Gasteiger partial charge < -0.3 is 20.4 Å². The largest absolute Gasteiger partial charge is 0.396 e. The Labute approximate surface area is 89.4 Å². The van der Waals surface area contributed by atoms with Gasteiger partial charge in [-0.3, -0.25) is 4.79 Å². The van der Waals surface area contributed by atoms with E-state index in [0.29, 0.717) is 6.42 Å². The van der Waals surface area contributed by atoms with Gasteiger partial charge in [-0.2, -0.15) is 0 Å². The van der Waals surface area contributed by atoms with Gasteiger partial charge in [0.25, 0.3) is 0 Å². The van der Waals surface area contributed by atoms with Gasteiger partial charge in [0.15, 0.2) is 5.78 Å². The molecule has 4 N–H and O–H groups in total. The minimum Gasteiger partial charge on any atom is -0.396 e. The number of aliphatic hydroxyl groups is 4. The van der Waals surface area contributed by atoms with Gasteiger partial charge in [0.1, 0.15) is 0 Å². The highest BCUT2D eigenvalue weighted by Crippen LogP contribution is 2.23. The van der Waals surface area contributed by atoms with Gasteiger partial charge in [0.2, 0.25) is 0 Å². The van der Waals surface area contributed by atoms with Crippen molar-refractivity contribution in [1.82, 2.24) is 0 Å². The first kappa shape index (κ1) is 14.5. The van der Waals surface area contributed by atoms with Gasteiger partial charge in [0, 0.05) is 5.92 Å². The second kappa shape index (κ2) is 6.90. The molecule has 0 heterocycles. The second-order valence-electron chi connectivity index (χ2n) is 3.79. The number of Topliss-reactive ketones (excluding diaryl/α,β-unsaturated/α-hetero) is 1. The van der Waals surface area contributed by atoms with Gasteiger partial charge in [-0.1, -0.05) is 13.3 Å². The Bertz CT molecular complexity index is 180. The molecule has 0 rings (SSSR count). The molecule has 0 saturated heterocycles.